The SMILES string of the molecule is COC(=O)c1c(OC)ccc2nc(C)oc12. The number of methoxy groups -OCH3 is 2. The van der Waals surface area contributed by atoms with Gasteiger partial charge in [-0.05, 0) is 12.1 Å². The molecule has 84 valence electrons. The average Bonchev–Trinajstić information content (AvgIpc) is 2.66. The quantitative estimate of drug-likeness (QED) is 0.725. The Labute approximate surface area is 92.0 Å². The molecule has 0 radical (unpaired) electrons. The Kier molecular flexibility index (Phi) is 2.52. The number of aromatic nitrogens is 1. The van der Waals surface area contributed by atoms with E-state index in [9.17, 15) is 4.79 Å². The zero-order valence-corrected chi connectivity index (χ0v) is 9.23. The predicted octanol–water partition coefficient (Wildman–Crippen LogP) is 1.93. The van der Waals surface area contributed by atoms with Crippen LogP contribution in [0.1, 0.15) is 16.2 Å². The largest absolute Gasteiger partial charge is 0.496 e. The molecule has 0 bridgehead atoms. The average molecular weight is 221 g/mol. The Balaban J connectivity index is 2.77. The van der Waals surface area contributed by atoms with Gasteiger partial charge in [0, 0.05) is 6.92 Å². The smallest absolute Gasteiger partial charge is 0.345 e. The van der Waals surface area contributed by atoms with Crippen molar-refractivity contribution in [1.82, 2.24) is 4.98 Å². The van der Waals surface area contributed by atoms with Gasteiger partial charge in [0.1, 0.15) is 16.8 Å². The molecule has 16 heavy (non-hydrogen) atoms. The molecule has 1 aromatic carbocycles. The van der Waals surface area contributed by atoms with E-state index in [1.54, 1.807) is 19.1 Å². The summed E-state index contributed by atoms with van der Waals surface area (Å²) < 4.78 is 15.2. The summed E-state index contributed by atoms with van der Waals surface area (Å²) in [5, 5.41) is 0. The van der Waals surface area contributed by atoms with Crippen molar-refractivity contribution in [3.63, 3.8) is 0 Å². The summed E-state index contributed by atoms with van der Waals surface area (Å²) in [6, 6.07) is 3.40. The molecule has 5 nitrogen and oxygen atoms in total. The predicted molar refractivity (Wildman–Crippen MR) is 56.6 cm³/mol. The molecule has 0 aliphatic carbocycles. The van der Waals surface area contributed by atoms with E-state index < -0.39 is 5.97 Å². The van der Waals surface area contributed by atoms with E-state index in [1.165, 1.54) is 14.2 Å². The van der Waals surface area contributed by atoms with Gasteiger partial charge in [0.05, 0.1) is 14.2 Å². The van der Waals surface area contributed by atoms with Crippen LogP contribution in [0.25, 0.3) is 11.1 Å². The van der Waals surface area contributed by atoms with E-state index in [2.05, 4.69) is 9.72 Å². The summed E-state index contributed by atoms with van der Waals surface area (Å²) in [6.07, 6.45) is 0. The third-order valence-corrected chi connectivity index (χ3v) is 2.24. The first kappa shape index (κ1) is 10.5. The number of hydrogen-bond donors (Lipinski definition) is 0. The number of rotatable bonds is 2. The molecule has 0 aliphatic heterocycles. The molecule has 1 aromatic heterocycles. The molecule has 0 saturated heterocycles. The van der Waals surface area contributed by atoms with Crippen molar-refractivity contribution in [2.45, 2.75) is 6.92 Å². The van der Waals surface area contributed by atoms with E-state index >= 15 is 0 Å². The van der Waals surface area contributed by atoms with Crippen molar-refractivity contribution in [2.24, 2.45) is 0 Å². The Hall–Kier alpha value is -2.04. The molecule has 0 fully saturated rings. The summed E-state index contributed by atoms with van der Waals surface area (Å²) in [5.74, 6) is 0.405. The fourth-order valence-electron chi connectivity index (χ4n) is 1.55. The fourth-order valence-corrected chi connectivity index (χ4v) is 1.55. The van der Waals surface area contributed by atoms with Crippen LogP contribution in [0.3, 0.4) is 0 Å². The van der Waals surface area contributed by atoms with Crippen LogP contribution in [0.5, 0.6) is 5.75 Å². The van der Waals surface area contributed by atoms with Gasteiger partial charge >= 0.3 is 5.97 Å². The number of carbonyl (C=O) groups excluding carboxylic acids is 1. The molecular weight excluding hydrogens is 210 g/mol. The van der Waals surface area contributed by atoms with Crippen molar-refractivity contribution >= 4 is 17.1 Å². The number of carbonyl (C=O) groups is 1. The van der Waals surface area contributed by atoms with Crippen LogP contribution in [0, 0.1) is 6.92 Å². The lowest BCUT2D eigenvalue weighted by Crippen LogP contribution is -2.04. The Morgan fingerprint density at radius 3 is 2.75 bits per heavy atom. The molecular formula is C11H11NO4. The number of fused-ring (bicyclic) bond motifs is 1. The first-order chi connectivity index (χ1) is 7.67. The standard InChI is InChI=1S/C11H11NO4/c1-6-12-7-4-5-8(14-2)9(10(7)16-6)11(13)15-3/h4-5H,1-3H3. The summed E-state index contributed by atoms with van der Waals surface area (Å²) in [5.41, 5.74) is 1.27. The maximum absolute atomic E-state index is 11.6. The number of esters is 1. The summed E-state index contributed by atoms with van der Waals surface area (Å²) in [7, 11) is 2.79. The van der Waals surface area contributed by atoms with Gasteiger partial charge in [-0.2, -0.15) is 0 Å². The van der Waals surface area contributed by atoms with Crippen molar-refractivity contribution in [3.8, 4) is 5.75 Å². The first-order valence-electron chi connectivity index (χ1n) is 4.70. The van der Waals surface area contributed by atoms with E-state index in [4.69, 9.17) is 9.15 Å². The monoisotopic (exact) mass is 221 g/mol. The molecule has 0 aliphatic rings. The summed E-state index contributed by atoms with van der Waals surface area (Å²) in [6.45, 7) is 1.72. The van der Waals surface area contributed by atoms with Gasteiger partial charge in [-0.1, -0.05) is 0 Å². The van der Waals surface area contributed by atoms with Crippen LogP contribution in [0.2, 0.25) is 0 Å². The molecule has 0 N–H and O–H groups in total. The zero-order valence-electron chi connectivity index (χ0n) is 9.23. The number of ether oxygens (including phenoxy) is 2. The molecule has 0 saturated carbocycles. The van der Waals surface area contributed by atoms with Crippen LogP contribution in [-0.2, 0) is 4.74 Å². The van der Waals surface area contributed by atoms with Crippen LogP contribution < -0.4 is 4.74 Å². The van der Waals surface area contributed by atoms with Crippen LogP contribution in [0.4, 0.5) is 0 Å². The second-order valence-corrected chi connectivity index (χ2v) is 3.22. The van der Waals surface area contributed by atoms with Crippen molar-refractivity contribution in [1.29, 1.82) is 0 Å². The van der Waals surface area contributed by atoms with Gasteiger partial charge in [0.25, 0.3) is 0 Å². The Bertz CT molecular complexity index is 544. The maximum atomic E-state index is 11.6. The highest BCUT2D eigenvalue weighted by Crippen LogP contribution is 2.28. The van der Waals surface area contributed by atoms with E-state index in [0.29, 0.717) is 22.7 Å². The number of aryl methyl sites for hydroxylation is 1. The first-order valence-corrected chi connectivity index (χ1v) is 4.70. The van der Waals surface area contributed by atoms with Gasteiger partial charge in [-0.15, -0.1) is 0 Å². The molecule has 2 rings (SSSR count). The number of nitrogens with zero attached hydrogens (tertiary/aromatic N) is 1. The highest BCUT2D eigenvalue weighted by molar-refractivity contribution is 6.03. The minimum atomic E-state index is -0.501. The van der Waals surface area contributed by atoms with Crippen molar-refractivity contribution < 1.29 is 18.7 Å². The summed E-state index contributed by atoms with van der Waals surface area (Å²) >= 11 is 0. The maximum Gasteiger partial charge on any atom is 0.345 e. The number of oxazole rings is 1. The molecule has 0 unspecified atom stereocenters. The topological polar surface area (TPSA) is 61.6 Å². The molecule has 0 spiro atoms. The minimum Gasteiger partial charge on any atom is -0.496 e. The van der Waals surface area contributed by atoms with Crippen LogP contribution in [-0.4, -0.2) is 25.2 Å². The second-order valence-electron chi connectivity index (χ2n) is 3.22. The molecule has 5 heteroatoms. The van der Waals surface area contributed by atoms with E-state index in [0.717, 1.165) is 0 Å². The van der Waals surface area contributed by atoms with Gasteiger partial charge in [0.2, 0.25) is 0 Å². The lowest BCUT2D eigenvalue weighted by molar-refractivity contribution is 0.0598. The lowest BCUT2D eigenvalue weighted by atomic mass is 10.1. The number of hydrogen-bond acceptors (Lipinski definition) is 5. The molecule has 2 aromatic rings. The zero-order chi connectivity index (χ0) is 11.7. The fraction of sp³-hybridized carbons (Fsp3) is 0.273. The molecule has 0 atom stereocenters. The highest BCUT2D eigenvalue weighted by Gasteiger charge is 2.20. The van der Waals surface area contributed by atoms with Gasteiger partial charge in [-0.25, -0.2) is 9.78 Å². The van der Waals surface area contributed by atoms with Gasteiger partial charge in [-0.3, -0.25) is 0 Å². The van der Waals surface area contributed by atoms with E-state index in [1.807, 2.05) is 0 Å². The van der Waals surface area contributed by atoms with Crippen LogP contribution >= 0.6 is 0 Å². The molecule has 1 heterocycles. The highest BCUT2D eigenvalue weighted by atomic mass is 16.5. The van der Waals surface area contributed by atoms with E-state index in [-0.39, 0.29) is 5.56 Å². The van der Waals surface area contributed by atoms with Gasteiger partial charge in [0.15, 0.2) is 11.5 Å². The normalized spacial score (nSPS) is 10.4. The van der Waals surface area contributed by atoms with Crippen molar-refractivity contribution in [2.75, 3.05) is 14.2 Å². The third kappa shape index (κ3) is 1.50. The van der Waals surface area contributed by atoms with Gasteiger partial charge < -0.3 is 13.9 Å². The second kappa shape index (κ2) is 3.84. The summed E-state index contributed by atoms with van der Waals surface area (Å²) in [4.78, 5) is 15.8. The molecule has 0 amide bonds. The number of benzene rings is 1. The Morgan fingerprint density at radius 2 is 2.12 bits per heavy atom. The Morgan fingerprint density at radius 1 is 1.38 bits per heavy atom. The van der Waals surface area contributed by atoms with Crippen molar-refractivity contribution in [3.05, 3.63) is 23.6 Å². The lowest BCUT2D eigenvalue weighted by Gasteiger charge is -2.05. The third-order valence-electron chi connectivity index (χ3n) is 2.24. The minimum absolute atomic E-state index is 0.267. The van der Waals surface area contributed by atoms with Crippen LogP contribution in [0.15, 0.2) is 16.5 Å².